The molecule has 0 spiro atoms. The minimum Gasteiger partial charge on any atom is -0.396 e. The molecule has 1 atom stereocenters. The Labute approximate surface area is 105 Å². The van der Waals surface area contributed by atoms with Crippen molar-refractivity contribution in [2.75, 3.05) is 13.2 Å². The van der Waals surface area contributed by atoms with Crippen LogP contribution >= 0.6 is 15.9 Å². The van der Waals surface area contributed by atoms with E-state index in [2.05, 4.69) is 46.4 Å². The Morgan fingerprint density at radius 1 is 1.50 bits per heavy atom. The van der Waals surface area contributed by atoms with Gasteiger partial charge in [0.2, 0.25) is 0 Å². The Morgan fingerprint density at radius 3 is 2.81 bits per heavy atom. The smallest absolute Gasteiger partial charge is 0.0499 e. The summed E-state index contributed by atoms with van der Waals surface area (Å²) < 4.78 is 1.11. The Morgan fingerprint density at radius 2 is 2.25 bits per heavy atom. The Kier molecular flexibility index (Phi) is 3.67. The summed E-state index contributed by atoms with van der Waals surface area (Å²) in [6.07, 6.45) is 2.31. The van der Waals surface area contributed by atoms with E-state index in [0.29, 0.717) is 12.6 Å². The maximum atomic E-state index is 9.24. The second kappa shape index (κ2) is 4.86. The van der Waals surface area contributed by atoms with E-state index >= 15 is 0 Å². The molecule has 1 aromatic rings. The molecule has 1 saturated carbocycles. The lowest BCUT2D eigenvalue weighted by Gasteiger charge is -2.18. The van der Waals surface area contributed by atoms with Crippen LogP contribution in [0.5, 0.6) is 0 Å². The second-order valence-electron chi connectivity index (χ2n) is 4.82. The average molecular weight is 284 g/mol. The Hall–Kier alpha value is -0.380. The molecule has 1 aromatic carbocycles. The fourth-order valence-electron chi connectivity index (χ4n) is 1.83. The molecule has 1 aliphatic carbocycles. The van der Waals surface area contributed by atoms with Gasteiger partial charge in [-0.2, -0.15) is 0 Å². The van der Waals surface area contributed by atoms with Crippen LogP contribution in [0.1, 0.15) is 31.4 Å². The van der Waals surface area contributed by atoms with Crippen LogP contribution in [0.15, 0.2) is 28.7 Å². The molecular formula is C13H18BrNO. The SMILES string of the molecule is CC(NCC1(CO)CC1)c1cccc(Br)c1. The summed E-state index contributed by atoms with van der Waals surface area (Å²) in [5.41, 5.74) is 1.46. The summed E-state index contributed by atoms with van der Waals surface area (Å²) in [5, 5.41) is 12.7. The largest absolute Gasteiger partial charge is 0.396 e. The highest BCUT2D eigenvalue weighted by Crippen LogP contribution is 2.44. The quantitative estimate of drug-likeness (QED) is 0.871. The summed E-state index contributed by atoms with van der Waals surface area (Å²) in [7, 11) is 0. The van der Waals surface area contributed by atoms with E-state index in [1.807, 2.05) is 6.07 Å². The van der Waals surface area contributed by atoms with Crippen LogP contribution in [0.25, 0.3) is 0 Å². The number of hydrogen-bond donors (Lipinski definition) is 2. The molecule has 2 N–H and O–H groups in total. The molecule has 1 fully saturated rings. The van der Waals surface area contributed by atoms with E-state index in [-0.39, 0.29) is 5.41 Å². The van der Waals surface area contributed by atoms with Crippen molar-refractivity contribution in [1.29, 1.82) is 0 Å². The Bertz CT molecular complexity index is 363. The monoisotopic (exact) mass is 283 g/mol. The third kappa shape index (κ3) is 2.84. The van der Waals surface area contributed by atoms with E-state index in [9.17, 15) is 5.11 Å². The molecule has 0 aliphatic heterocycles. The van der Waals surface area contributed by atoms with Crippen molar-refractivity contribution in [2.45, 2.75) is 25.8 Å². The lowest BCUT2D eigenvalue weighted by molar-refractivity contribution is 0.204. The number of aliphatic hydroxyl groups is 1. The van der Waals surface area contributed by atoms with E-state index in [4.69, 9.17) is 0 Å². The second-order valence-corrected chi connectivity index (χ2v) is 5.73. The topological polar surface area (TPSA) is 32.3 Å². The van der Waals surface area contributed by atoms with Gasteiger partial charge in [-0.3, -0.25) is 0 Å². The van der Waals surface area contributed by atoms with E-state index < -0.39 is 0 Å². The molecule has 16 heavy (non-hydrogen) atoms. The number of rotatable bonds is 5. The van der Waals surface area contributed by atoms with Crippen molar-refractivity contribution in [2.24, 2.45) is 5.41 Å². The van der Waals surface area contributed by atoms with Gasteiger partial charge in [0.15, 0.2) is 0 Å². The normalized spacial score (nSPS) is 19.4. The van der Waals surface area contributed by atoms with Gasteiger partial charge in [0.25, 0.3) is 0 Å². The predicted octanol–water partition coefficient (Wildman–Crippen LogP) is 2.87. The van der Waals surface area contributed by atoms with Crippen molar-refractivity contribution in [3.8, 4) is 0 Å². The summed E-state index contributed by atoms with van der Waals surface area (Å²) in [6, 6.07) is 8.68. The summed E-state index contributed by atoms with van der Waals surface area (Å²) >= 11 is 3.48. The van der Waals surface area contributed by atoms with E-state index in [0.717, 1.165) is 23.9 Å². The highest BCUT2D eigenvalue weighted by atomic mass is 79.9. The zero-order valence-electron chi connectivity index (χ0n) is 9.54. The van der Waals surface area contributed by atoms with Crippen LogP contribution in [-0.4, -0.2) is 18.3 Å². The molecule has 0 bridgehead atoms. The molecule has 0 heterocycles. The average Bonchev–Trinajstić information content (AvgIpc) is 3.07. The lowest BCUT2D eigenvalue weighted by Crippen LogP contribution is -2.28. The maximum absolute atomic E-state index is 9.24. The van der Waals surface area contributed by atoms with Gasteiger partial charge in [-0.15, -0.1) is 0 Å². The summed E-state index contributed by atoms with van der Waals surface area (Å²) in [4.78, 5) is 0. The minimum absolute atomic E-state index is 0.181. The molecule has 0 radical (unpaired) electrons. The standard InChI is InChI=1S/C13H18BrNO/c1-10(11-3-2-4-12(14)7-11)15-8-13(9-16)5-6-13/h2-4,7,10,15-16H,5-6,8-9H2,1H3. The van der Waals surface area contributed by atoms with Gasteiger partial charge in [-0.1, -0.05) is 28.1 Å². The third-order valence-electron chi connectivity index (χ3n) is 3.42. The van der Waals surface area contributed by atoms with Crippen LogP contribution < -0.4 is 5.32 Å². The number of benzene rings is 1. The first-order valence-electron chi connectivity index (χ1n) is 5.75. The van der Waals surface area contributed by atoms with Crippen LogP contribution in [0.4, 0.5) is 0 Å². The fourth-order valence-corrected chi connectivity index (χ4v) is 2.25. The molecule has 2 nitrogen and oxygen atoms in total. The molecule has 1 aliphatic rings. The van der Waals surface area contributed by atoms with Gasteiger partial charge < -0.3 is 10.4 Å². The number of halogens is 1. The van der Waals surface area contributed by atoms with E-state index in [1.165, 1.54) is 5.56 Å². The minimum atomic E-state index is 0.181. The number of hydrogen-bond acceptors (Lipinski definition) is 2. The molecule has 0 amide bonds. The molecule has 3 heteroatoms. The third-order valence-corrected chi connectivity index (χ3v) is 3.92. The fraction of sp³-hybridized carbons (Fsp3) is 0.538. The van der Waals surface area contributed by atoms with Crippen LogP contribution in [0.2, 0.25) is 0 Å². The van der Waals surface area contributed by atoms with E-state index in [1.54, 1.807) is 0 Å². The van der Waals surface area contributed by atoms with Crippen molar-refractivity contribution < 1.29 is 5.11 Å². The summed E-state index contributed by atoms with van der Waals surface area (Å²) in [6.45, 7) is 3.39. The van der Waals surface area contributed by atoms with Gasteiger partial charge in [0, 0.05) is 29.1 Å². The predicted molar refractivity (Wildman–Crippen MR) is 69.3 cm³/mol. The molecule has 0 aromatic heterocycles. The first kappa shape index (κ1) is 12.1. The first-order chi connectivity index (χ1) is 7.65. The molecule has 2 rings (SSSR count). The molecule has 0 saturated heterocycles. The van der Waals surface area contributed by atoms with Crippen molar-refractivity contribution in [1.82, 2.24) is 5.32 Å². The van der Waals surface area contributed by atoms with Gasteiger partial charge in [0.1, 0.15) is 0 Å². The highest BCUT2D eigenvalue weighted by Gasteiger charge is 2.41. The van der Waals surface area contributed by atoms with Gasteiger partial charge in [0.05, 0.1) is 0 Å². The maximum Gasteiger partial charge on any atom is 0.0499 e. The van der Waals surface area contributed by atoms with Crippen LogP contribution in [0.3, 0.4) is 0 Å². The zero-order valence-corrected chi connectivity index (χ0v) is 11.1. The van der Waals surface area contributed by atoms with Crippen molar-refractivity contribution >= 4 is 15.9 Å². The van der Waals surface area contributed by atoms with Crippen LogP contribution in [-0.2, 0) is 0 Å². The Balaban J connectivity index is 1.90. The first-order valence-corrected chi connectivity index (χ1v) is 6.54. The lowest BCUT2D eigenvalue weighted by atomic mass is 10.1. The number of aliphatic hydroxyl groups excluding tert-OH is 1. The highest BCUT2D eigenvalue weighted by molar-refractivity contribution is 9.10. The van der Waals surface area contributed by atoms with Gasteiger partial charge in [-0.05, 0) is 37.5 Å². The van der Waals surface area contributed by atoms with Gasteiger partial charge >= 0.3 is 0 Å². The van der Waals surface area contributed by atoms with Crippen LogP contribution in [0, 0.1) is 5.41 Å². The summed E-state index contributed by atoms with van der Waals surface area (Å²) in [5.74, 6) is 0. The molecular weight excluding hydrogens is 266 g/mol. The van der Waals surface area contributed by atoms with Crippen molar-refractivity contribution in [3.63, 3.8) is 0 Å². The number of nitrogens with one attached hydrogen (secondary N) is 1. The molecule has 88 valence electrons. The molecule has 1 unspecified atom stereocenters. The van der Waals surface area contributed by atoms with Crippen molar-refractivity contribution in [3.05, 3.63) is 34.3 Å². The van der Waals surface area contributed by atoms with Gasteiger partial charge in [-0.25, -0.2) is 0 Å². The zero-order chi connectivity index (χ0) is 11.6.